The highest BCUT2D eigenvalue weighted by Crippen LogP contribution is 2.15. The molecular formula is C54H94O6. The summed E-state index contributed by atoms with van der Waals surface area (Å²) >= 11 is 0. The van der Waals surface area contributed by atoms with Crippen LogP contribution in [0.25, 0.3) is 0 Å². The molecule has 60 heavy (non-hydrogen) atoms. The molecule has 0 rings (SSSR count). The van der Waals surface area contributed by atoms with Gasteiger partial charge in [0.1, 0.15) is 13.2 Å². The van der Waals surface area contributed by atoms with Gasteiger partial charge in [0.2, 0.25) is 0 Å². The highest BCUT2D eigenvalue weighted by Gasteiger charge is 2.19. The third-order valence-electron chi connectivity index (χ3n) is 10.8. The fourth-order valence-electron chi connectivity index (χ4n) is 7.02. The Balaban J connectivity index is 4.41. The SMILES string of the molecule is CC/C=C\C/C=C\C/C=C\C/C=C\C/C=C\CCC(=O)OC(COC(=O)CCCCCCCCCCC)COC(=O)CCCCCCCCCCCCCCCCCCC. The number of carbonyl (C=O) groups is 3. The first-order chi connectivity index (χ1) is 29.5. The molecule has 0 radical (unpaired) electrons. The third-order valence-corrected chi connectivity index (χ3v) is 10.8. The van der Waals surface area contributed by atoms with Crippen molar-refractivity contribution in [3.05, 3.63) is 60.8 Å². The first-order valence-electron chi connectivity index (χ1n) is 25.3. The molecule has 0 aromatic carbocycles. The maximum atomic E-state index is 12.7. The van der Waals surface area contributed by atoms with E-state index in [1.807, 2.05) is 12.2 Å². The summed E-state index contributed by atoms with van der Waals surface area (Å²) in [6.07, 6.45) is 59.4. The zero-order valence-corrected chi connectivity index (χ0v) is 39.5. The summed E-state index contributed by atoms with van der Waals surface area (Å²) in [5.41, 5.74) is 0. The van der Waals surface area contributed by atoms with Crippen molar-refractivity contribution in [2.24, 2.45) is 0 Å². The van der Waals surface area contributed by atoms with E-state index >= 15 is 0 Å². The second-order valence-corrected chi connectivity index (χ2v) is 16.7. The predicted molar refractivity (Wildman–Crippen MR) is 256 cm³/mol. The van der Waals surface area contributed by atoms with Gasteiger partial charge in [-0.25, -0.2) is 0 Å². The molecular weight excluding hydrogens is 745 g/mol. The lowest BCUT2D eigenvalue weighted by Crippen LogP contribution is -2.30. The van der Waals surface area contributed by atoms with Crippen molar-refractivity contribution < 1.29 is 28.6 Å². The van der Waals surface area contributed by atoms with Gasteiger partial charge in [0.25, 0.3) is 0 Å². The number of hydrogen-bond donors (Lipinski definition) is 0. The van der Waals surface area contributed by atoms with Gasteiger partial charge in [0, 0.05) is 19.3 Å². The van der Waals surface area contributed by atoms with Crippen LogP contribution in [0.4, 0.5) is 0 Å². The summed E-state index contributed by atoms with van der Waals surface area (Å²) in [5.74, 6) is -0.982. The summed E-state index contributed by atoms with van der Waals surface area (Å²) in [4.78, 5) is 37.8. The van der Waals surface area contributed by atoms with Gasteiger partial charge in [-0.1, -0.05) is 236 Å². The van der Waals surface area contributed by atoms with Crippen LogP contribution in [-0.2, 0) is 28.6 Å². The summed E-state index contributed by atoms with van der Waals surface area (Å²) in [6.45, 7) is 6.45. The lowest BCUT2D eigenvalue weighted by Gasteiger charge is -2.18. The minimum Gasteiger partial charge on any atom is -0.462 e. The van der Waals surface area contributed by atoms with Crippen molar-refractivity contribution >= 4 is 17.9 Å². The van der Waals surface area contributed by atoms with E-state index in [0.717, 1.165) is 70.6 Å². The Morgan fingerprint density at radius 2 is 0.650 bits per heavy atom. The van der Waals surface area contributed by atoms with Crippen LogP contribution in [0, 0.1) is 0 Å². The topological polar surface area (TPSA) is 78.9 Å². The van der Waals surface area contributed by atoms with Gasteiger partial charge in [0.15, 0.2) is 6.10 Å². The van der Waals surface area contributed by atoms with E-state index in [1.165, 1.54) is 128 Å². The molecule has 0 saturated carbocycles. The van der Waals surface area contributed by atoms with Crippen molar-refractivity contribution in [2.75, 3.05) is 13.2 Å². The van der Waals surface area contributed by atoms with Crippen molar-refractivity contribution in [2.45, 2.75) is 252 Å². The molecule has 1 atom stereocenters. The van der Waals surface area contributed by atoms with E-state index in [9.17, 15) is 14.4 Å². The van der Waals surface area contributed by atoms with Crippen LogP contribution >= 0.6 is 0 Å². The van der Waals surface area contributed by atoms with Crippen LogP contribution in [0.1, 0.15) is 245 Å². The highest BCUT2D eigenvalue weighted by molar-refractivity contribution is 5.71. The zero-order valence-electron chi connectivity index (χ0n) is 39.5. The number of allylic oxidation sites excluding steroid dienone is 10. The van der Waals surface area contributed by atoms with Crippen LogP contribution in [0.3, 0.4) is 0 Å². The average Bonchev–Trinajstić information content (AvgIpc) is 3.24. The largest absolute Gasteiger partial charge is 0.462 e. The molecule has 0 fully saturated rings. The highest BCUT2D eigenvalue weighted by atomic mass is 16.6. The van der Waals surface area contributed by atoms with Crippen LogP contribution in [0.2, 0.25) is 0 Å². The molecule has 6 nitrogen and oxygen atoms in total. The summed E-state index contributed by atoms with van der Waals surface area (Å²) in [5, 5.41) is 0. The number of carbonyl (C=O) groups excluding carboxylic acids is 3. The Hall–Kier alpha value is -2.89. The van der Waals surface area contributed by atoms with Crippen LogP contribution in [0.15, 0.2) is 60.8 Å². The maximum absolute atomic E-state index is 12.7. The van der Waals surface area contributed by atoms with Gasteiger partial charge in [-0.3, -0.25) is 14.4 Å². The molecule has 346 valence electrons. The number of rotatable bonds is 45. The minimum atomic E-state index is -0.808. The summed E-state index contributed by atoms with van der Waals surface area (Å²) in [7, 11) is 0. The molecule has 0 amide bonds. The Morgan fingerprint density at radius 1 is 0.350 bits per heavy atom. The normalized spacial score (nSPS) is 12.5. The minimum absolute atomic E-state index is 0.101. The summed E-state index contributed by atoms with van der Waals surface area (Å²) in [6, 6.07) is 0. The number of hydrogen-bond acceptors (Lipinski definition) is 6. The van der Waals surface area contributed by atoms with E-state index in [1.54, 1.807) is 0 Å². The van der Waals surface area contributed by atoms with Crippen molar-refractivity contribution in [3.63, 3.8) is 0 Å². The van der Waals surface area contributed by atoms with Gasteiger partial charge in [0.05, 0.1) is 0 Å². The van der Waals surface area contributed by atoms with E-state index < -0.39 is 6.10 Å². The Labute approximate surface area is 370 Å². The molecule has 0 aromatic heterocycles. The fourth-order valence-corrected chi connectivity index (χ4v) is 7.02. The molecule has 0 aliphatic heterocycles. The predicted octanol–water partition coefficient (Wildman–Crippen LogP) is 16.5. The van der Waals surface area contributed by atoms with Crippen molar-refractivity contribution in [1.82, 2.24) is 0 Å². The fraction of sp³-hybridized carbons (Fsp3) is 0.759. The quantitative estimate of drug-likeness (QED) is 0.0263. The summed E-state index contributed by atoms with van der Waals surface area (Å²) < 4.78 is 16.7. The monoisotopic (exact) mass is 839 g/mol. The van der Waals surface area contributed by atoms with Crippen molar-refractivity contribution in [1.29, 1.82) is 0 Å². The van der Waals surface area contributed by atoms with Gasteiger partial charge in [-0.2, -0.15) is 0 Å². The molecule has 0 bridgehead atoms. The second-order valence-electron chi connectivity index (χ2n) is 16.7. The zero-order chi connectivity index (χ0) is 43.7. The second kappa shape index (κ2) is 48.8. The first-order valence-corrected chi connectivity index (χ1v) is 25.3. The van der Waals surface area contributed by atoms with Gasteiger partial charge >= 0.3 is 17.9 Å². The van der Waals surface area contributed by atoms with E-state index in [2.05, 4.69) is 69.4 Å². The molecule has 0 aliphatic carbocycles. The van der Waals surface area contributed by atoms with E-state index in [0.29, 0.717) is 19.3 Å². The van der Waals surface area contributed by atoms with Crippen molar-refractivity contribution in [3.8, 4) is 0 Å². The molecule has 6 heteroatoms. The number of esters is 3. The molecule has 0 aliphatic rings. The molecule has 0 N–H and O–H groups in total. The number of unbranched alkanes of at least 4 members (excludes halogenated alkanes) is 24. The van der Waals surface area contributed by atoms with Gasteiger partial charge in [-0.05, 0) is 51.4 Å². The smallest absolute Gasteiger partial charge is 0.306 e. The third kappa shape index (κ3) is 46.2. The number of ether oxygens (including phenoxy) is 3. The lowest BCUT2D eigenvalue weighted by molar-refractivity contribution is -0.166. The molecule has 0 aromatic rings. The average molecular weight is 839 g/mol. The van der Waals surface area contributed by atoms with Crippen LogP contribution < -0.4 is 0 Å². The van der Waals surface area contributed by atoms with Crippen LogP contribution in [0.5, 0.6) is 0 Å². The Bertz CT molecular complexity index is 1100. The molecule has 1 unspecified atom stereocenters. The molecule has 0 spiro atoms. The van der Waals surface area contributed by atoms with E-state index in [-0.39, 0.29) is 37.5 Å². The molecule has 0 saturated heterocycles. The standard InChI is InChI=1S/C54H94O6/c1-4-7-10-13-16-19-21-23-25-27-29-30-32-35-38-41-44-47-53(56)59-50-51(49-58-52(55)46-43-40-37-34-18-15-12-9-6-3)60-54(57)48-45-42-39-36-33-31-28-26-24-22-20-17-14-11-8-5-2/h8,11,17,20,24,26,31,33,39,42,51H,4-7,9-10,12-16,18-19,21-23,25,27-30,32,34-38,40-41,43-50H2,1-3H3/b11-8-,20-17-,26-24-,33-31-,42-39-. The Kier molecular flexibility index (Phi) is 46.4. The Morgan fingerprint density at radius 3 is 0.983 bits per heavy atom. The first kappa shape index (κ1) is 57.1. The lowest BCUT2D eigenvalue weighted by atomic mass is 10.0. The van der Waals surface area contributed by atoms with E-state index in [4.69, 9.17) is 14.2 Å². The maximum Gasteiger partial charge on any atom is 0.306 e. The van der Waals surface area contributed by atoms with Gasteiger partial charge < -0.3 is 14.2 Å². The van der Waals surface area contributed by atoms with Crippen LogP contribution in [-0.4, -0.2) is 37.2 Å². The van der Waals surface area contributed by atoms with Gasteiger partial charge in [-0.15, -0.1) is 0 Å². The molecule has 0 heterocycles.